The van der Waals surface area contributed by atoms with Crippen LogP contribution in [0.25, 0.3) is 0 Å². The summed E-state index contributed by atoms with van der Waals surface area (Å²) in [5.74, 6) is 0. The van der Waals surface area contributed by atoms with E-state index in [4.69, 9.17) is 5.26 Å². The molecule has 1 atom stereocenters. The Balaban J connectivity index is 3.40. The lowest BCUT2D eigenvalue weighted by Crippen LogP contribution is -2.06. The third-order valence-corrected chi connectivity index (χ3v) is 0.735. The molecular weight excluding hydrogens is 106 g/mol. The Morgan fingerprint density at radius 1 is 2.00 bits per heavy atom. The van der Waals surface area contributed by atoms with E-state index >= 15 is 0 Å². The van der Waals surface area contributed by atoms with Crippen LogP contribution in [0.15, 0.2) is 0 Å². The summed E-state index contributed by atoms with van der Waals surface area (Å²) in [5.41, 5.74) is 0. The molecule has 3 nitrogen and oxygen atoms in total. The van der Waals surface area contributed by atoms with E-state index in [1.54, 1.807) is 13.0 Å². The predicted octanol–water partition coefficient (Wildman–Crippen LogP) is 0.462. The van der Waals surface area contributed by atoms with Gasteiger partial charge < -0.3 is 4.74 Å². The van der Waals surface area contributed by atoms with Crippen LogP contribution in [0.3, 0.4) is 0 Å². The Labute approximate surface area is 47.9 Å². The molecule has 0 N–H and O–H groups in total. The molecule has 3 heteroatoms. The fourth-order valence-electron chi connectivity index (χ4n) is 0.285. The Morgan fingerprint density at radius 2 is 2.62 bits per heavy atom. The Kier molecular flexibility index (Phi) is 3.59. The van der Waals surface area contributed by atoms with Gasteiger partial charge in [0.2, 0.25) is 0 Å². The van der Waals surface area contributed by atoms with Gasteiger partial charge >= 0.3 is 0 Å². The quantitative estimate of drug-likeness (QED) is 0.499. The van der Waals surface area contributed by atoms with Crippen LogP contribution in [0.2, 0.25) is 0 Å². The summed E-state index contributed by atoms with van der Waals surface area (Å²) >= 11 is 0. The van der Waals surface area contributed by atoms with Gasteiger partial charge in [-0.3, -0.25) is 4.79 Å². The molecule has 0 rings (SSSR count). The first-order valence-corrected chi connectivity index (χ1v) is 2.33. The highest BCUT2D eigenvalue weighted by molar-refractivity contribution is 5.38. The van der Waals surface area contributed by atoms with Gasteiger partial charge in [0.15, 0.2) is 6.10 Å². The van der Waals surface area contributed by atoms with Crippen molar-refractivity contribution in [1.82, 2.24) is 0 Å². The summed E-state index contributed by atoms with van der Waals surface area (Å²) in [4.78, 5) is 9.56. The summed E-state index contributed by atoms with van der Waals surface area (Å²) in [7, 11) is 0. The first kappa shape index (κ1) is 6.96. The zero-order chi connectivity index (χ0) is 6.41. The minimum Gasteiger partial charge on any atom is -0.449 e. The summed E-state index contributed by atoms with van der Waals surface area (Å²) < 4.78 is 4.30. The summed E-state index contributed by atoms with van der Waals surface area (Å²) in [6.07, 6.45) is -0.0117. The molecule has 0 aromatic carbocycles. The normalized spacial score (nSPS) is 11.5. The Hall–Kier alpha value is -1.04. The fraction of sp³-hybridized carbons (Fsp3) is 0.600. The van der Waals surface area contributed by atoms with Gasteiger partial charge in [0, 0.05) is 0 Å². The molecule has 0 saturated heterocycles. The van der Waals surface area contributed by atoms with E-state index in [-0.39, 0.29) is 6.47 Å². The van der Waals surface area contributed by atoms with Gasteiger partial charge in [0.25, 0.3) is 6.47 Å². The number of rotatable bonds is 3. The highest BCUT2D eigenvalue weighted by atomic mass is 16.5. The second-order valence-corrected chi connectivity index (χ2v) is 1.26. The zero-order valence-corrected chi connectivity index (χ0v) is 4.63. The topological polar surface area (TPSA) is 50.1 Å². The van der Waals surface area contributed by atoms with Crippen LogP contribution in [-0.2, 0) is 9.53 Å². The van der Waals surface area contributed by atoms with E-state index in [1.807, 2.05) is 0 Å². The van der Waals surface area contributed by atoms with Crippen LogP contribution < -0.4 is 0 Å². The molecule has 0 heterocycles. The molecule has 0 fully saturated rings. The van der Waals surface area contributed by atoms with Gasteiger partial charge in [-0.25, -0.2) is 0 Å². The predicted molar refractivity (Wildman–Crippen MR) is 26.8 cm³/mol. The molecule has 1 unspecified atom stereocenters. The first-order valence-electron chi connectivity index (χ1n) is 2.33. The van der Waals surface area contributed by atoms with Gasteiger partial charge in [-0.15, -0.1) is 0 Å². The van der Waals surface area contributed by atoms with E-state index in [0.29, 0.717) is 6.42 Å². The van der Waals surface area contributed by atoms with E-state index in [0.717, 1.165) is 0 Å². The molecule has 0 aromatic heterocycles. The van der Waals surface area contributed by atoms with Gasteiger partial charge in [-0.05, 0) is 6.42 Å². The molecule has 8 heavy (non-hydrogen) atoms. The molecule has 0 aliphatic heterocycles. The lowest BCUT2D eigenvalue weighted by Gasteiger charge is -1.99. The average Bonchev–Trinajstić information content (AvgIpc) is 1.83. The van der Waals surface area contributed by atoms with Crippen LogP contribution >= 0.6 is 0 Å². The summed E-state index contributed by atoms with van der Waals surface area (Å²) in [5, 5.41) is 8.12. The third-order valence-electron chi connectivity index (χ3n) is 0.735. The number of hydrogen-bond acceptors (Lipinski definition) is 3. The Morgan fingerprint density at radius 3 is 2.75 bits per heavy atom. The number of nitrogens with zero attached hydrogens (tertiary/aromatic N) is 1. The minimum atomic E-state index is -0.563. The minimum absolute atomic E-state index is 0.289. The van der Waals surface area contributed by atoms with Crippen LogP contribution in [0.5, 0.6) is 0 Å². The average molecular weight is 113 g/mol. The summed E-state index contributed by atoms with van der Waals surface area (Å²) in [6, 6.07) is 1.80. The molecule has 0 amide bonds. The Bertz CT molecular complexity index is 105. The van der Waals surface area contributed by atoms with Crippen LogP contribution in [0, 0.1) is 11.3 Å². The molecule has 0 saturated carbocycles. The van der Waals surface area contributed by atoms with Crippen molar-refractivity contribution in [2.75, 3.05) is 0 Å². The number of nitriles is 1. The maximum absolute atomic E-state index is 9.56. The maximum Gasteiger partial charge on any atom is 0.294 e. The van der Waals surface area contributed by atoms with Gasteiger partial charge in [-0.2, -0.15) is 5.26 Å². The second kappa shape index (κ2) is 4.13. The fourth-order valence-corrected chi connectivity index (χ4v) is 0.285. The van der Waals surface area contributed by atoms with Gasteiger partial charge in [0.05, 0.1) is 0 Å². The van der Waals surface area contributed by atoms with E-state index in [9.17, 15) is 4.79 Å². The van der Waals surface area contributed by atoms with Crippen LogP contribution in [0.4, 0.5) is 0 Å². The highest BCUT2D eigenvalue weighted by Crippen LogP contribution is 1.91. The largest absolute Gasteiger partial charge is 0.449 e. The van der Waals surface area contributed by atoms with Crippen LogP contribution in [0.1, 0.15) is 13.3 Å². The number of carbonyl (C=O) groups is 1. The molecule has 0 aliphatic carbocycles. The van der Waals surface area contributed by atoms with Crippen molar-refractivity contribution in [1.29, 1.82) is 5.26 Å². The van der Waals surface area contributed by atoms with Crippen molar-refractivity contribution in [3.8, 4) is 6.07 Å². The molecule has 0 aromatic rings. The van der Waals surface area contributed by atoms with E-state index < -0.39 is 6.10 Å². The summed E-state index contributed by atoms with van der Waals surface area (Å²) in [6.45, 7) is 2.06. The van der Waals surface area contributed by atoms with E-state index in [2.05, 4.69) is 4.74 Å². The van der Waals surface area contributed by atoms with Crippen molar-refractivity contribution < 1.29 is 9.53 Å². The number of hydrogen-bond donors (Lipinski definition) is 0. The van der Waals surface area contributed by atoms with Crippen molar-refractivity contribution in [3.63, 3.8) is 0 Å². The molecule has 0 spiro atoms. The highest BCUT2D eigenvalue weighted by Gasteiger charge is 2.00. The van der Waals surface area contributed by atoms with Crippen molar-refractivity contribution >= 4 is 6.47 Å². The molecule has 0 aliphatic rings. The zero-order valence-electron chi connectivity index (χ0n) is 4.63. The smallest absolute Gasteiger partial charge is 0.294 e. The first-order chi connectivity index (χ1) is 3.85. The maximum atomic E-state index is 9.56. The van der Waals surface area contributed by atoms with E-state index in [1.165, 1.54) is 0 Å². The molecular formula is C5H7NO2. The van der Waals surface area contributed by atoms with Crippen LogP contribution in [-0.4, -0.2) is 12.6 Å². The number of ether oxygens (including phenoxy) is 1. The SMILES string of the molecule is CCC(C#N)OC=O. The van der Waals surface area contributed by atoms with Crippen molar-refractivity contribution in [3.05, 3.63) is 0 Å². The molecule has 0 radical (unpaired) electrons. The van der Waals surface area contributed by atoms with Gasteiger partial charge in [0.1, 0.15) is 6.07 Å². The third kappa shape index (κ3) is 2.19. The molecule has 44 valence electrons. The lowest BCUT2D eigenvalue weighted by molar-refractivity contribution is -0.131. The van der Waals surface area contributed by atoms with Crippen molar-refractivity contribution in [2.45, 2.75) is 19.4 Å². The number of carbonyl (C=O) groups excluding carboxylic acids is 1. The monoisotopic (exact) mass is 113 g/mol. The lowest BCUT2D eigenvalue weighted by atomic mass is 10.3. The van der Waals surface area contributed by atoms with Crippen molar-refractivity contribution in [2.24, 2.45) is 0 Å². The van der Waals surface area contributed by atoms with Gasteiger partial charge in [-0.1, -0.05) is 6.92 Å². The molecule has 0 bridgehead atoms. The second-order valence-electron chi connectivity index (χ2n) is 1.26. The standard InChI is InChI=1S/C5H7NO2/c1-2-5(3-6)8-4-7/h4-5H,2H2,1H3.